The van der Waals surface area contributed by atoms with Gasteiger partial charge in [0.05, 0.1) is 11.1 Å². The molecular weight excluding hydrogens is 392 g/mol. The summed E-state index contributed by atoms with van der Waals surface area (Å²) in [6, 6.07) is 14.8. The maximum absolute atomic E-state index is 12.4. The molecule has 31 heavy (non-hydrogen) atoms. The monoisotopic (exact) mass is 420 g/mol. The van der Waals surface area contributed by atoms with Crippen LogP contribution in [0.5, 0.6) is 0 Å². The summed E-state index contributed by atoms with van der Waals surface area (Å²) in [5.74, 6) is -0.683. The lowest BCUT2D eigenvalue weighted by Crippen LogP contribution is -2.43. The number of imide groups is 1. The zero-order chi connectivity index (χ0) is 21.8. The molecule has 2 aliphatic heterocycles. The second kappa shape index (κ2) is 9.41. The number of anilines is 1. The van der Waals surface area contributed by atoms with Gasteiger partial charge in [0.15, 0.2) is 0 Å². The maximum atomic E-state index is 12.4. The Morgan fingerprint density at radius 2 is 1.52 bits per heavy atom. The molecule has 162 valence electrons. The first-order valence-corrected chi connectivity index (χ1v) is 10.8. The normalized spacial score (nSPS) is 17.1. The van der Waals surface area contributed by atoms with Crippen LogP contribution in [0.4, 0.5) is 5.69 Å². The van der Waals surface area contributed by atoms with Gasteiger partial charge in [-0.05, 0) is 43.3 Å². The highest BCUT2D eigenvalue weighted by atomic mass is 16.2. The van der Waals surface area contributed by atoms with Gasteiger partial charge in [0.1, 0.15) is 0 Å². The third-order valence-electron chi connectivity index (χ3n) is 5.90. The summed E-state index contributed by atoms with van der Waals surface area (Å²) < 4.78 is 0. The first-order valence-electron chi connectivity index (χ1n) is 10.8. The van der Waals surface area contributed by atoms with Crippen molar-refractivity contribution in [3.8, 4) is 0 Å². The molecule has 3 amide bonds. The number of hydrogen-bond acceptors (Lipinski definition) is 5. The third-order valence-corrected chi connectivity index (χ3v) is 5.90. The molecule has 4 rings (SSSR count). The second-order valence-corrected chi connectivity index (χ2v) is 8.24. The first kappa shape index (κ1) is 21.2. The van der Waals surface area contributed by atoms with E-state index in [2.05, 4.69) is 22.2 Å². The van der Waals surface area contributed by atoms with E-state index in [0.29, 0.717) is 17.5 Å². The summed E-state index contributed by atoms with van der Waals surface area (Å²) in [6.45, 7) is 5.49. The van der Waals surface area contributed by atoms with Gasteiger partial charge >= 0.3 is 0 Å². The van der Waals surface area contributed by atoms with Crippen LogP contribution in [0.15, 0.2) is 48.5 Å². The van der Waals surface area contributed by atoms with Crippen molar-refractivity contribution >= 4 is 23.4 Å². The predicted octanol–water partition coefficient (Wildman–Crippen LogP) is 2.45. The topological polar surface area (TPSA) is 73.0 Å². The summed E-state index contributed by atoms with van der Waals surface area (Å²) in [5.41, 5.74) is 2.86. The molecule has 1 saturated heterocycles. The molecule has 0 bridgehead atoms. The van der Waals surface area contributed by atoms with Gasteiger partial charge in [-0.1, -0.05) is 24.3 Å². The van der Waals surface area contributed by atoms with Gasteiger partial charge in [0, 0.05) is 51.4 Å². The van der Waals surface area contributed by atoms with Gasteiger partial charge in [-0.15, -0.1) is 0 Å². The van der Waals surface area contributed by atoms with E-state index >= 15 is 0 Å². The lowest BCUT2D eigenvalue weighted by molar-refractivity contribution is -0.116. The molecule has 0 aliphatic carbocycles. The number of benzene rings is 2. The minimum atomic E-state index is -0.281. The summed E-state index contributed by atoms with van der Waals surface area (Å²) in [4.78, 5) is 43.0. The highest BCUT2D eigenvalue weighted by Gasteiger charge is 2.34. The van der Waals surface area contributed by atoms with E-state index in [-0.39, 0.29) is 30.7 Å². The quantitative estimate of drug-likeness (QED) is 0.697. The highest BCUT2D eigenvalue weighted by molar-refractivity contribution is 6.21. The van der Waals surface area contributed by atoms with Gasteiger partial charge < -0.3 is 10.2 Å². The van der Waals surface area contributed by atoms with Gasteiger partial charge in [-0.3, -0.25) is 24.2 Å². The average Bonchev–Trinajstić information content (AvgIpc) is 3.02. The molecular formula is C24H28N4O3. The van der Waals surface area contributed by atoms with Gasteiger partial charge in [0.25, 0.3) is 11.8 Å². The zero-order valence-electron chi connectivity index (χ0n) is 17.8. The Hall–Kier alpha value is -3.03. The van der Waals surface area contributed by atoms with E-state index in [0.717, 1.165) is 38.4 Å². The van der Waals surface area contributed by atoms with Crippen molar-refractivity contribution in [2.45, 2.75) is 19.4 Å². The van der Waals surface area contributed by atoms with Crippen molar-refractivity contribution in [1.29, 1.82) is 0 Å². The number of carbonyl (C=O) groups excluding carboxylic acids is 3. The van der Waals surface area contributed by atoms with Crippen LogP contribution in [0.2, 0.25) is 0 Å². The summed E-state index contributed by atoms with van der Waals surface area (Å²) in [6.07, 6.45) is 0.676. The van der Waals surface area contributed by atoms with Crippen molar-refractivity contribution in [2.24, 2.45) is 0 Å². The Kier molecular flexibility index (Phi) is 6.44. The Bertz CT molecular complexity index is 930. The van der Waals surface area contributed by atoms with E-state index < -0.39 is 0 Å². The number of nitrogens with one attached hydrogen (secondary N) is 1. The summed E-state index contributed by atoms with van der Waals surface area (Å²) in [5, 5.41) is 2.90. The predicted molar refractivity (Wildman–Crippen MR) is 119 cm³/mol. The van der Waals surface area contributed by atoms with Crippen molar-refractivity contribution < 1.29 is 14.4 Å². The van der Waals surface area contributed by atoms with Crippen LogP contribution in [-0.2, 0) is 11.3 Å². The van der Waals surface area contributed by atoms with E-state index in [1.54, 1.807) is 24.3 Å². The Labute approximate surface area is 182 Å². The minimum Gasteiger partial charge on any atom is -0.326 e. The number of piperazine rings is 1. The van der Waals surface area contributed by atoms with Crippen molar-refractivity contribution in [3.63, 3.8) is 0 Å². The minimum absolute atomic E-state index is 0.122. The third kappa shape index (κ3) is 5.00. The highest BCUT2D eigenvalue weighted by Crippen LogP contribution is 2.22. The molecule has 7 heteroatoms. The Balaban J connectivity index is 1.21. The molecule has 0 saturated carbocycles. The van der Waals surface area contributed by atoms with Crippen LogP contribution in [-0.4, -0.2) is 72.2 Å². The van der Waals surface area contributed by atoms with Crippen LogP contribution >= 0.6 is 0 Å². The lowest BCUT2D eigenvalue weighted by Gasteiger charge is -2.32. The largest absolute Gasteiger partial charge is 0.326 e. The molecule has 2 aliphatic rings. The number of hydrogen-bond donors (Lipinski definition) is 1. The van der Waals surface area contributed by atoms with E-state index in [4.69, 9.17) is 0 Å². The number of likely N-dealkylation sites (N-methyl/N-ethyl adjacent to an activating group) is 1. The van der Waals surface area contributed by atoms with Crippen LogP contribution in [0.3, 0.4) is 0 Å². The molecule has 0 spiro atoms. The molecule has 1 fully saturated rings. The molecule has 2 aromatic rings. The SMILES string of the molecule is CN1CCN(Cc2ccc(NC(=O)CCCN3C(=O)c4ccccc4C3=O)cc2)CC1. The van der Waals surface area contributed by atoms with Gasteiger partial charge in [-0.2, -0.15) is 0 Å². The molecule has 1 N–H and O–H groups in total. The Morgan fingerprint density at radius 3 is 2.13 bits per heavy atom. The fourth-order valence-corrected chi connectivity index (χ4v) is 4.02. The van der Waals surface area contributed by atoms with Crippen molar-refractivity contribution in [3.05, 3.63) is 65.2 Å². The van der Waals surface area contributed by atoms with Gasteiger partial charge in [-0.25, -0.2) is 0 Å². The fraction of sp³-hybridized carbons (Fsp3) is 0.375. The molecule has 0 unspecified atom stereocenters. The zero-order valence-corrected chi connectivity index (χ0v) is 17.8. The molecule has 2 aromatic carbocycles. The summed E-state index contributed by atoms with van der Waals surface area (Å²) >= 11 is 0. The van der Waals surface area contributed by atoms with Crippen LogP contribution < -0.4 is 5.32 Å². The fourth-order valence-electron chi connectivity index (χ4n) is 4.02. The Morgan fingerprint density at radius 1 is 0.903 bits per heavy atom. The van der Waals surface area contributed by atoms with Crippen LogP contribution in [0.25, 0.3) is 0 Å². The van der Waals surface area contributed by atoms with E-state index in [9.17, 15) is 14.4 Å². The van der Waals surface area contributed by atoms with Crippen LogP contribution in [0, 0.1) is 0 Å². The second-order valence-electron chi connectivity index (χ2n) is 8.24. The molecule has 2 heterocycles. The lowest BCUT2D eigenvalue weighted by atomic mass is 10.1. The molecule has 7 nitrogen and oxygen atoms in total. The van der Waals surface area contributed by atoms with E-state index in [1.165, 1.54) is 10.5 Å². The number of nitrogens with zero attached hydrogens (tertiary/aromatic N) is 3. The first-order chi connectivity index (χ1) is 15.0. The number of rotatable bonds is 7. The van der Waals surface area contributed by atoms with Crippen LogP contribution in [0.1, 0.15) is 39.1 Å². The summed E-state index contributed by atoms with van der Waals surface area (Å²) in [7, 11) is 2.15. The molecule has 0 aromatic heterocycles. The van der Waals surface area contributed by atoms with E-state index in [1.807, 2.05) is 24.3 Å². The van der Waals surface area contributed by atoms with Gasteiger partial charge in [0.2, 0.25) is 5.91 Å². The number of carbonyl (C=O) groups is 3. The van der Waals surface area contributed by atoms with Crippen molar-refractivity contribution in [1.82, 2.24) is 14.7 Å². The maximum Gasteiger partial charge on any atom is 0.261 e. The molecule has 0 atom stereocenters. The number of fused-ring (bicyclic) bond motifs is 1. The number of amides is 3. The average molecular weight is 421 g/mol. The standard InChI is InChI=1S/C24H28N4O3/c1-26-13-15-27(16-14-26)17-18-8-10-19(11-9-18)25-22(29)7-4-12-28-23(30)20-5-2-3-6-21(20)24(28)31/h2-3,5-6,8-11H,4,7,12-17H2,1H3,(H,25,29). The molecule has 0 radical (unpaired) electrons. The van der Waals surface area contributed by atoms with Crippen molar-refractivity contribution in [2.75, 3.05) is 45.1 Å². The smallest absolute Gasteiger partial charge is 0.261 e.